The third-order valence-corrected chi connectivity index (χ3v) is 5.10. The molecule has 0 radical (unpaired) electrons. The Balaban J connectivity index is 1.80. The minimum Gasteiger partial charge on any atom is -0.366 e. The van der Waals surface area contributed by atoms with Gasteiger partial charge in [-0.3, -0.25) is 4.90 Å². The number of piperazine rings is 1. The number of halogens is 3. The monoisotopic (exact) mass is 373 g/mol. The van der Waals surface area contributed by atoms with Gasteiger partial charge in [0.15, 0.2) is 0 Å². The lowest BCUT2D eigenvalue weighted by Crippen LogP contribution is -2.56. The lowest BCUT2D eigenvalue weighted by Gasteiger charge is -2.45. The molecule has 2 atom stereocenters. The zero-order valence-corrected chi connectivity index (χ0v) is 15.4. The van der Waals surface area contributed by atoms with Gasteiger partial charge < -0.3 is 4.90 Å². The van der Waals surface area contributed by atoms with Crippen molar-refractivity contribution >= 4 is 5.69 Å². The fraction of sp³-hybridized carbons (Fsp3) is 0.381. The Morgan fingerprint density at radius 2 is 1.74 bits per heavy atom. The second-order valence-electron chi connectivity index (χ2n) is 7.10. The maximum atomic E-state index is 13.3. The van der Waals surface area contributed by atoms with Gasteiger partial charge in [0.2, 0.25) is 0 Å². The maximum absolute atomic E-state index is 13.3. The first-order valence-electron chi connectivity index (χ1n) is 8.95. The van der Waals surface area contributed by atoms with Crippen LogP contribution in [0.3, 0.4) is 0 Å². The predicted octanol–water partition coefficient (Wildman–Crippen LogP) is 4.68. The van der Waals surface area contributed by atoms with Gasteiger partial charge in [-0.15, -0.1) is 0 Å². The summed E-state index contributed by atoms with van der Waals surface area (Å²) in [6.07, 6.45) is -4.54. The second kappa shape index (κ2) is 7.61. The molecule has 0 aliphatic carbocycles. The lowest BCUT2D eigenvalue weighted by atomic mass is 10.0. The minimum absolute atomic E-state index is 0.0685. The van der Waals surface area contributed by atoms with Crippen molar-refractivity contribution in [3.63, 3.8) is 0 Å². The summed E-state index contributed by atoms with van der Waals surface area (Å²) < 4.78 is 39.8. The van der Waals surface area contributed by atoms with E-state index in [1.165, 1.54) is 11.6 Å². The average molecular weight is 373 g/mol. The maximum Gasteiger partial charge on any atom is 0.417 e. The quantitative estimate of drug-likeness (QED) is 0.783. The fourth-order valence-electron chi connectivity index (χ4n) is 3.64. The molecule has 2 aromatic carbocycles. The van der Waals surface area contributed by atoms with E-state index in [1.54, 1.807) is 12.1 Å². The van der Waals surface area contributed by atoms with Crippen molar-refractivity contribution in [2.24, 2.45) is 0 Å². The summed E-state index contributed by atoms with van der Waals surface area (Å²) in [5.74, 6) is 0. The van der Waals surface area contributed by atoms with Crippen LogP contribution in [0.25, 0.3) is 0 Å². The van der Waals surface area contributed by atoms with Crippen molar-refractivity contribution in [2.75, 3.05) is 18.0 Å². The van der Waals surface area contributed by atoms with Gasteiger partial charge in [-0.05, 0) is 37.6 Å². The highest BCUT2D eigenvalue weighted by molar-refractivity contribution is 5.56. The standard InChI is InChI=1S/C21H22F3N3/c1-15-13-27(16(2)12-26(15)14-17-6-4-3-5-7-17)19-9-8-18(11-25)20(10-19)21(22,23)24/h3-10,15-16H,12-14H2,1-2H3/t15-,16+/m1/s1. The van der Waals surface area contributed by atoms with Crippen molar-refractivity contribution in [2.45, 2.75) is 38.7 Å². The summed E-state index contributed by atoms with van der Waals surface area (Å²) in [6, 6.07) is 16.1. The van der Waals surface area contributed by atoms with Gasteiger partial charge >= 0.3 is 6.18 Å². The van der Waals surface area contributed by atoms with Crippen LogP contribution in [-0.2, 0) is 12.7 Å². The van der Waals surface area contributed by atoms with Gasteiger partial charge in [-0.1, -0.05) is 30.3 Å². The molecule has 2 aromatic rings. The van der Waals surface area contributed by atoms with Crippen LogP contribution in [0.2, 0.25) is 0 Å². The number of nitriles is 1. The van der Waals surface area contributed by atoms with Gasteiger partial charge in [0.25, 0.3) is 0 Å². The van der Waals surface area contributed by atoms with Crippen LogP contribution in [-0.4, -0.2) is 30.1 Å². The molecule has 0 bridgehead atoms. The first-order chi connectivity index (χ1) is 12.8. The van der Waals surface area contributed by atoms with E-state index in [-0.39, 0.29) is 17.6 Å². The molecule has 1 heterocycles. The van der Waals surface area contributed by atoms with Crippen LogP contribution in [0, 0.1) is 11.3 Å². The molecule has 1 fully saturated rings. The molecule has 0 amide bonds. The fourth-order valence-corrected chi connectivity index (χ4v) is 3.64. The van der Waals surface area contributed by atoms with E-state index >= 15 is 0 Å². The predicted molar refractivity (Wildman–Crippen MR) is 99.3 cm³/mol. The first kappa shape index (κ1) is 19.2. The molecule has 142 valence electrons. The molecule has 0 spiro atoms. The van der Waals surface area contributed by atoms with E-state index in [9.17, 15) is 13.2 Å². The summed E-state index contributed by atoms with van der Waals surface area (Å²) >= 11 is 0. The Hall–Kier alpha value is -2.52. The van der Waals surface area contributed by atoms with Crippen LogP contribution in [0.5, 0.6) is 0 Å². The Morgan fingerprint density at radius 3 is 2.37 bits per heavy atom. The van der Waals surface area contributed by atoms with E-state index in [0.717, 1.165) is 19.2 Å². The molecule has 3 rings (SSSR count). The highest BCUT2D eigenvalue weighted by atomic mass is 19.4. The van der Waals surface area contributed by atoms with Crippen LogP contribution in [0.15, 0.2) is 48.5 Å². The number of alkyl halides is 3. The molecule has 6 heteroatoms. The van der Waals surface area contributed by atoms with Gasteiger partial charge in [0, 0.05) is 37.4 Å². The third kappa shape index (κ3) is 4.25. The molecule has 0 aromatic heterocycles. The molecule has 1 aliphatic rings. The number of nitrogens with zero attached hydrogens (tertiary/aromatic N) is 3. The van der Waals surface area contributed by atoms with Crippen LogP contribution in [0.4, 0.5) is 18.9 Å². The molecule has 27 heavy (non-hydrogen) atoms. The number of hydrogen-bond donors (Lipinski definition) is 0. The molecule has 0 N–H and O–H groups in total. The number of rotatable bonds is 3. The Morgan fingerprint density at radius 1 is 1.04 bits per heavy atom. The number of hydrogen-bond acceptors (Lipinski definition) is 3. The van der Waals surface area contributed by atoms with Crippen LogP contribution < -0.4 is 4.90 Å². The van der Waals surface area contributed by atoms with E-state index < -0.39 is 11.7 Å². The summed E-state index contributed by atoms with van der Waals surface area (Å²) in [6.45, 7) is 6.33. The molecular weight excluding hydrogens is 351 g/mol. The molecular formula is C21H22F3N3. The molecule has 1 aliphatic heterocycles. The normalized spacial score (nSPS) is 21.1. The zero-order valence-electron chi connectivity index (χ0n) is 15.4. The van der Waals surface area contributed by atoms with Crippen LogP contribution in [0.1, 0.15) is 30.5 Å². The third-order valence-electron chi connectivity index (χ3n) is 5.10. The highest BCUT2D eigenvalue weighted by Gasteiger charge is 2.35. The zero-order chi connectivity index (χ0) is 19.6. The molecule has 0 unspecified atom stereocenters. The van der Waals surface area contributed by atoms with E-state index in [1.807, 2.05) is 30.0 Å². The van der Waals surface area contributed by atoms with Gasteiger partial charge in [-0.25, -0.2) is 0 Å². The van der Waals surface area contributed by atoms with Crippen molar-refractivity contribution in [1.82, 2.24) is 4.90 Å². The number of anilines is 1. The molecule has 0 saturated carbocycles. The van der Waals surface area contributed by atoms with Crippen molar-refractivity contribution in [3.8, 4) is 6.07 Å². The summed E-state index contributed by atoms with van der Waals surface area (Å²) in [7, 11) is 0. The largest absolute Gasteiger partial charge is 0.417 e. The lowest BCUT2D eigenvalue weighted by molar-refractivity contribution is -0.137. The summed E-state index contributed by atoms with van der Waals surface area (Å²) in [5.41, 5.74) is 0.534. The second-order valence-corrected chi connectivity index (χ2v) is 7.10. The summed E-state index contributed by atoms with van der Waals surface area (Å²) in [5, 5.41) is 8.98. The van der Waals surface area contributed by atoms with Gasteiger partial charge in [-0.2, -0.15) is 18.4 Å². The van der Waals surface area contributed by atoms with Crippen molar-refractivity contribution in [3.05, 3.63) is 65.2 Å². The minimum atomic E-state index is -4.54. The topological polar surface area (TPSA) is 30.3 Å². The smallest absolute Gasteiger partial charge is 0.366 e. The number of benzene rings is 2. The van der Waals surface area contributed by atoms with Crippen molar-refractivity contribution in [1.29, 1.82) is 5.26 Å². The summed E-state index contributed by atoms with van der Waals surface area (Å²) in [4.78, 5) is 4.35. The van der Waals surface area contributed by atoms with Crippen LogP contribution >= 0.6 is 0 Å². The van der Waals surface area contributed by atoms with E-state index in [4.69, 9.17) is 5.26 Å². The van der Waals surface area contributed by atoms with Crippen molar-refractivity contribution < 1.29 is 13.2 Å². The van der Waals surface area contributed by atoms with E-state index in [0.29, 0.717) is 12.2 Å². The Labute approximate surface area is 157 Å². The Kier molecular flexibility index (Phi) is 5.43. The SMILES string of the molecule is C[C@@H]1CN(c2ccc(C#N)c(C(F)(F)F)c2)[C@@H](C)CN1Cc1ccccc1. The van der Waals surface area contributed by atoms with Gasteiger partial charge in [0.05, 0.1) is 17.2 Å². The molecule has 3 nitrogen and oxygen atoms in total. The molecule has 1 saturated heterocycles. The van der Waals surface area contributed by atoms with E-state index in [2.05, 4.69) is 24.0 Å². The first-order valence-corrected chi connectivity index (χ1v) is 8.95. The Bertz CT molecular complexity index is 827. The highest BCUT2D eigenvalue weighted by Crippen LogP contribution is 2.35. The average Bonchev–Trinajstić information content (AvgIpc) is 2.64. The van der Waals surface area contributed by atoms with Gasteiger partial charge in [0.1, 0.15) is 0 Å².